The Kier molecular flexibility index (Phi) is 4.94. The van der Waals surface area contributed by atoms with Gasteiger partial charge in [0.2, 0.25) is 0 Å². The van der Waals surface area contributed by atoms with Crippen molar-refractivity contribution in [2.24, 2.45) is 0 Å². The smallest absolute Gasteiger partial charge is 0.416 e. The third-order valence-electron chi connectivity index (χ3n) is 4.46. The Bertz CT molecular complexity index is 965. The number of hydrogen-bond donors (Lipinski definition) is 1. The normalized spacial score (nSPS) is 14.7. The van der Waals surface area contributed by atoms with E-state index in [9.17, 15) is 18.0 Å². The maximum atomic E-state index is 12.7. The van der Waals surface area contributed by atoms with E-state index in [0.29, 0.717) is 18.2 Å². The van der Waals surface area contributed by atoms with Gasteiger partial charge < -0.3 is 4.42 Å². The fourth-order valence-corrected chi connectivity index (χ4v) is 4.11. The first-order valence-electron chi connectivity index (χ1n) is 8.60. The van der Waals surface area contributed by atoms with Gasteiger partial charge in [0, 0.05) is 30.9 Å². The number of furan rings is 1. The highest BCUT2D eigenvalue weighted by atomic mass is 32.1. The number of aromatic nitrogens is 1. The van der Waals surface area contributed by atoms with Gasteiger partial charge in [-0.25, -0.2) is 4.98 Å². The molecule has 146 valence electrons. The van der Waals surface area contributed by atoms with E-state index in [0.717, 1.165) is 41.2 Å². The van der Waals surface area contributed by atoms with Gasteiger partial charge in [0.1, 0.15) is 0 Å². The fourth-order valence-electron chi connectivity index (χ4n) is 3.06. The zero-order valence-corrected chi connectivity index (χ0v) is 15.4. The first kappa shape index (κ1) is 18.7. The number of carbonyl (C=O) groups excluding carboxylic acids is 1. The van der Waals surface area contributed by atoms with E-state index in [2.05, 4.69) is 15.2 Å². The zero-order valence-electron chi connectivity index (χ0n) is 14.6. The number of rotatable bonds is 4. The Hall–Kier alpha value is -2.65. The maximum Gasteiger partial charge on any atom is 0.416 e. The molecule has 1 amide bonds. The van der Waals surface area contributed by atoms with Crippen LogP contribution in [0.5, 0.6) is 0 Å². The molecule has 0 saturated carbocycles. The molecule has 5 nitrogen and oxygen atoms in total. The Labute approximate surface area is 162 Å². The summed E-state index contributed by atoms with van der Waals surface area (Å²) in [5.41, 5.74) is 1.13. The minimum atomic E-state index is -4.32. The number of fused-ring (bicyclic) bond motifs is 1. The number of hydrogen-bond acceptors (Lipinski definition) is 5. The zero-order chi connectivity index (χ0) is 19.7. The van der Waals surface area contributed by atoms with Gasteiger partial charge in [0.15, 0.2) is 10.9 Å². The van der Waals surface area contributed by atoms with E-state index in [-0.39, 0.29) is 11.7 Å². The summed E-state index contributed by atoms with van der Waals surface area (Å²) in [7, 11) is 0. The molecule has 4 rings (SSSR count). The van der Waals surface area contributed by atoms with E-state index in [1.54, 1.807) is 12.1 Å². The first-order valence-corrected chi connectivity index (χ1v) is 9.42. The second kappa shape index (κ2) is 7.40. The van der Waals surface area contributed by atoms with Gasteiger partial charge in [-0.1, -0.05) is 12.1 Å². The predicted octanol–water partition coefficient (Wildman–Crippen LogP) is 4.57. The number of nitrogens with zero attached hydrogens (tertiary/aromatic N) is 2. The van der Waals surface area contributed by atoms with Crippen molar-refractivity contribution in [2.75, 3.05) is 11.9 Å². The number of anilines is 1. The van der Waals surface area contributed by atoms with Crippen molar-refractivity contribution >= 4 is 22.4 Å². The lowest BCUT2D eigenvalue weighted by molar-refractivity contribution is -0.137. The van der Waals surface area contributed by atoms with Crippen molar-refractivity contribution in [1.29, 1.82) is 0 Å². The van der Waals surface area contributed by atoms with E-state index in [4.69, 9.17) is 4.42 Å². The second-order valence-corrected chi connectivity index (χ2v) is 7.56. The van der Waals surface area contributed by atoms with Gasteiger partial charge in [0.05, 0.1) is 17.5 Å². The van der Waals surface area contributed by atoms with Crippen LogP contribution in [0.1, 0.15) is 32.3 Å². The number of alkyl halides is 3. The van der Waals surface area contributed by atoms with Gasteiger partial charge in [0.25, 0.3) is 5.91 Å². The summed E-state index contributed by atoms with van der Waals surface area (Å²) >= 11 is 1.41. The molecular formula is C19H16F3N3O2S. The van der Waals surface area contributed by atoms with Crippen LogP contribution in [0.15, 0.2) is 47.1 Å². The first-order chi connectivity index (χ1) is 13.4. The molecule has 1 N–H and O–H groups in total. The Balaban J connectivity index is 1.39. The molecule has 0 bridgehead atoms. The highest BCUT2D eigenvalue weighted by Crippen LogP contribution is 2.31. The third kappa shape index (κ3) is 4.10. The number of halogens is 3. The summed E-state index contributed by atoms with van der Waals surface area (Å²) < 4.78 is 43.1. The van der Waals surface area contributed by atoms with Crippen LogP contribution in [0.25, 0.3) is 0 Å². The van der Waals surface area contributed by atoms with Crippen molar-refractivity contribution < 1.29 is 22.4 Å². The van der Waals surface area contributed by atoms with Crippen LogP contribution in [0.3, 0.4) is 0 Å². The molecule has 0 spiro atoms. The monoisotopic (exact) mass is 407 g/mol. The summed E-state index contributed by atoms with van der Waals surface area (Å²) in [6.07, 6.45) is -2.17. The van der Waals surface area contributed by atoms with Gasteiger partial charge in [-0.15, -0.1) is 11.3 Å². The molecular weight excluding hydrogens is 391 g/mol. The van der Waals surface area contributed by atoms with E-state index in [1.165, 1.54) is 29.7 Å². The van der Waals surface area contributed by atoms with Crippen LogP contribution >= 0.6 is 11.3 Å². The molecule has 0 aliphatic carbocycles. The van der Waals surface area contributed by atoms with Crippen molar-refractivity contribution in [2.45, 2.75) is 25.7 Å². The van der Waals surface area contributed by atoms with Crippen molar-refractivity contribution in [3.63, 3.8) is 0 Å². The van der Waals surface area contributed by atoms with E-state index >= 15 is 0 Å². The molecule has 3 heterocycles. The summed E-state index contributed by atoms with van der Waals surface area (Å²) in [5.74, 6) is -0.130. The Morgan fingerprint density at radius 1 is 1.25 bits per heavy atom. The van der Waals surface area contributed by atoms with Gasteiger partial charge >= 0.3 is 6.18 Å². The van der Waals surface area contributed by atoms with Crippen LogP contribution in [-0.2, 0) is 25.7 Å². The molecule has 0 atom stereocenters. The molecule has 3 aromatic rings. The summed E-state index contributed by atoms with van der Waals surface area (Å²) in [4.78, 5) is 19.7. The predicted molar refractivity (Wildman–Crippen MR) is 98.0 cm³/mol. The lowest BCUT2D eigenvalue weighted by Crippen LogP contribution is -2.29. The molecule has 2 aromatic heterocycles. The number of carbonyl (C=O) groups is 1. The average molecular weight is 407 g/mol. The minimum absolute atomic E-state index is 0.220. The topological polar surface area (TPSA) is 58.4 Å². The van der Waals surface area contributed by atoms with Crippen molar-refractivity contribution in [3.05, 3.63) is 70.1 Å². The minimum Gasteiger partial charge on any atom is -0.459 e. The Morgan fingerprint density at radius 3 is 2.71 bits per heavy atom. The molecule has 0 fully saturated rings. The number of nitrogens with one attached hydrogen (secondary N) is 1. The number of thiazole rings is 1. The van der Waals surface area contributed by atoms with Crippen LogP contribution in [-0.4, -0.2) is 22.3 Å². The van der Waals surface area contributed by atoms with Crippen molar-refractivity contribution in [3.8, 4) is 0 Å². The van der Waals surface area contributed by atoms with E-state index in [1.807, 2.05) is 0 Å². The second-order valence-electron chi connectivity index (χ2n) is 6.48. The summed E-state index contributed by atoms with van der Waals surface area (Å²) in [6.45, 7) is 1.96. The van der Waals surface area contributed by atoms with Crippen molar-refractivity contribution in [1.82, 2.24) is 9.88 Å². The van der Waals surface area contributed by atoms with Crippen LogP contribution in [0.4, 0.5) is 18.3 Å². The molecule has 0 radical (unpaired) electrons. The third-order valence-corrected chi connectivity index (χ3v) is 5.46. The standard InChI is InChI=1S/C19H16F3N3O2S/c20-19(21,22)13-5-3-12(4-6-13)10-25-8-7-14-16(11-25)28-18(23-14)24-17(26)15-2-1-9-27-15/h1-6,9H,7-8,10-11H2,(H,23,24,26). The van der Waals surface area contributed by atoms with E-state index < -0.39 is 11.7 Å². The molecule has 28 heavy (non-hydrogen) atoms. The van der Waals surface area contributed by atoms with Gasteiger partial charge in [-0.05, 0) is 29.8 Å². The van der Waals surface area contributed by atoms with Crippen LogP contribution in [0, 0.1) is 0 Å². The number of amides is 1. The molecule has 1 aliphatic rings. The highest BCUT2D eigenvalue weighted by molar-refractivity contribution is 7.15. The maximum absolute atomic E-state index is 12.7. The van der Waals surface area contributed by atoms with Crippen LogP contribution in [0.2, 0.25) is 0 Å². The summed E-state index contributed by atoms with van der Waals surface area (Å²) in [5, 5.41) is 3.25. The highest BCUT2D eigenvalue weighted by Gasteiger charge is 2.30. The quantitative estimate of drug-likeness (QED) is 0.689. The average Bonchev–Trinajstić information content (AvgIpc) is 3.30. The Morgan fingerprint density at radius 2 is 2.04 bits per heavy atom. The van der Waals surface area contributed by atoms with Gasteiger partial charge in [-0.3, -0.25) is 15.0 Å². The van der Waals surface area contributed by atoms with Gasteiger partial charge in [-0.2, -0.15) is 13.2 Å². The number of benzene rings is 1. The SMILES string of the molecule is O=C(Nc1nc2c(s1)CN(Cc1ccc(C(F)(F)F)cc1)CC2)c1ccco1. The molecule has 0 saturated heterocycles. The van der Waals surface area contributed by atoms with Crippen LogP contribution < -0.4 is 5.32 Å². The lowest BCUT2D eigenvalue weighted by atomic mass is 10.1. The molecule has 1 aromatic carbocycles. The molecule has 0 unspecified atom stereocenters. The molecule has 1 aliphatic heterocycles. The lowest BCUT2D eigenvalue weighted by Gasteiger charge is -2.25. The molecule has 9 heteroatoms. The fraction of sp³-hybridized carbons (Fsp3) is 0.263. The summed E-state index contributed by atoms with van der Waals surface area (Å²) in [6, 6.07) is 8.47. The largest absolute Gasteiger partial charge is 0.459 e.